The van der Waals surface area contributed by atoms with E-state index in [4.69, 9.17) is 4.42 Å². The third-order valence-electron chi connectivity index (χ3n) is 8.13. The van der Waals surface area contributed by atoms with Gasteiger partial charge in [0.05, 0.1) is 0 Å². The summed E-state index contributed by atoms with van der Waals surface area (Å²) in [5.41, 5.74) is 7.65. The second-order valence-electron chi connectivity index (χ2n) is 10.8. The lowest BCUT2D eigenvalue weighted by Crippen LogP contribution is -1.93. The Kier molecular flexibility index (Phi) is 6.05. The number of fused-ring (bicyclic) bond motifs is 3. The second kappa shape index (κ2) is 10.2. The van der Waals surface area contributed by atoms with Crippen LogP contribution in [0.25, 0.3) is 77.5 Å². The molecule has 0 aliphatic rings. The third kappa shape index (κ3) is 4.41. The molecule has 0 aliphatic carbocycles. The Morgan fingerprint density at radius 3 is 1.68 bits per heavy atom. The van der Waals surface area contributed by atoms with Gasteiger partial charge in [0, 0.05) is 5.56 Å². The van der Waals surface area contributed by atoms with E-state index in [1.807, 2.05) is 72.8 Å². The van der Waals surface area contributed by atoms with Crippen LogP contribution < -0.4 is 0 Å². The van der Waals surface area contributed by atoms with E-state index >= 15 is 0 Å². The number of nitrogens with zero attached hydrogens (tertiary/aromatic N) is 1. The molecule has 0 saturated carbocycles. The minimum absolute atomic E-state index is 0.289. The van der Waals surface area contributed by atoms with E-state index in [1.165, 1.54) is 0 Å². The number of hydrogen-bond acceptors (Lipinski definition) is 2. The molecule has 0 unspecified atom stereocenters. The van der Waals surface area contributed by atoms with E-state index in [2.05, 4.69) is 53.5 Å². The molecule has 0 N–H and O–H groups in total. The maximum Gasteiger partial charge on any atom is 0.227 e. The number of para-hydroxylation sites is 2. The van der Waals surface area contributed by atoms with Gasteiger partial charge in [0.25, 0.3) is 0 Å². The van der Waals surface area contributed by atoms with Crippen molar-refractivity contribution in [3.05, 3.63) is 151 Å². The average molecular weight is 578 g/mol. The first-order valence-electron chi connectivity index (χ1n) is 14.2. The molecule has 0 saturated heterocycles. The van der Waals surface area contributed by atoms with Gasteiger partial charge >= 0.3 is 0 Å². The fourth-order valence-electron chi connectivity index (χ4n) is 5.91. The van der Waals surface area contributed by atoms with Crippen LogP contribution in [0.2, 0.25) is 0 Å². The highest BCUT2D eigenvalue weighted by Gasteiger charge is 2.15. The summed E-state index contributed by atoms with van der Waals surface area (Å²) >= 11 is 0. The molecule has 8 rings (SSSR count). The molecule has 0 atom stereocenters. The zero-order valence-electron chi connectivity index (χ0n) is 23.2. The van der Waals surface area contributed by atoms with Crippen molar-refractivity contribution in [1.82, 2.24) is 4.98 Å². The second-order valence-corrected chi connectivity index (χ2v) is 10.8. The highest BCUT2D eigenvalue weighted by Crippen LogP contribution is 2.38. The molecule has 0 radical (unpaired) electrons. The summed E-state index contributed by atoms with van der Waals surface area (Å²) in [5, 5.41) is 3.95. The van der Waals surface area contributed by atoms with E-state index in [0.717, 1.165) is 72.6 Å². The molecule has 0 fully saturated rings. The SMILES string of the molecule is Fc1cc(-c2ccc(-c3ccc4cc(-c5ccc(-c6nc7ccccc7o6)cc5)ccc4c3)c3ccccc23)cc(F)c1F. The molecular formula is C39H22F3NO. The van der Waals surface area contributed by atoms with Crippen LogP contribution in [0.1, 0.15) is 0 Å². The molecule has 0 amide bonds. The summed E-state index contributed by atoms with van der Waals surface area (Å²) in [7, 11) is 0. The van der Waals surface area contributed by atoms with Crippen molar-refractivity contribution < 1.29 is 17.6 Å². The lowest BCUT2D eigenvalue weighted by molar-refractivity contribution is 0.448. The molecule has 44 heavy (non-hydrogen) atoms. The number of benzene rings is 7. The Hall–Kier alpha value is -5.68. The number of halogens is 3. The summed E-state index contributed by atoms with van der Waals surface area (Å²) in [6.07, 6.45) is 0. The predicted octanol–water partition coefficient (Wildman–Crippen LogP) is 11.2. The summed E-state index contributed by atoms with van der Waals surface area (Å²) < 4.78 is 47.7. The van der Waals surface area contributed by atoms with Gasteiger partial charge in [-0.3, -0.25) is 0 Å². The van der Waals surface area contributed by atoms with Crippen LogP contribution in [-0.4, -0.2) is 4.98 Å². The lowest BCUT2D eigenvalue weighted by Gasteiger charge is -2.13. The minimum atomic E-state index is -1.47. The van der Waals surface area contributed by atoms with Gasteiger partial charge in [-0.05, 0) is 103 Å². The molecule has 7 aromatic carbocycles. The van der Waals surface area contributed by atoms with E-state index in [-0.39, 0.29) is 5.56 Å². The molecule has 0 bridgehead atoms. The fourth-order valence-corrected chi connectivity index (χ4v) is 5.91. The van der Waals surface area contributed by atoms with Crippen molar-refractivity contribution in [2.24, 2.45) is 0 Å². The van der Waals surface area contributed by atoms with Crippen molar-refractivity contribution in [2.45, 2.75) is 0 Å². The number of oxazole rings is 1. The summed E-state index contributed by atoms with van der Waals surface area (Å²) in [4.78, 5) is 4.60. The fraction of sp³-hybridized carbons (Fsp3) is 0. The van der Waals surface area contributed by atoms with Crippen LogP contribution >= 0.6 is 0 Å². The summed E-state index contributed by atoms with van der Waals surface area (Å²) in [6.45, 7) is 0. The van der Waals surface area contributed by atoms with Crippen molar-refractivity contribution in [1.29, 1.82) is 0 Å². The molecule has 5 heteroatoms. The summed E-state index contributed by atoms with van der Waals surface area (Å²) in [6, 6.07) is 42.2. The van der Waals surface area contributed by atoms with Gasteiger partial charge < -0.3 is 4.42 Å². The van der Waals surface area contributed by atoms with Crippen molar-refractivity contribution in [2.75, 3.05) is 0 Å². The molecule has 8 aromatic rings. The van der Waals surface area contributed by atoms with Crippen LogP contribution in [-0.2, 0) is 0 Å². The van der Waals surface area contributed by atoms with Crippen LogP contribution in [0.15, 0.2) is 138 Å². The minimum Gasteiger partial charge on any atom is -0.436 e. The Bertz CT molecular complexity index is 2320. The first-order chi connectivity index (χ1) is 21.5. The van der Waals surface area contributed by atoms with Gasteiger partial charge in [-0.15, -0.1) is 0 Å². The maximum absolute atomic E-state index is 14.1. The monoisotopic (exact) mass is 577 g/mol. The normalized spacial score (nSPS) is 11.5. The number of aromatic nitrogens is 1. The van der Waals surface area contributed by atoms with Gasteiger partial charge in [0.2, 0.25) is 5.89 Å². The van der Waals surface area contributed by atoms with Gasteiger partial charge in [-0.1, -0.05) is 84.9 Å². The van der Waals surface area contributed by atoms with Gasteiger partial charge in [0.15, 0.2) is 23.0 Å². The molecule has 2 nitrogen and oxygen atoms in total. The Balaban J connectivity index is 1.13. The average Bonchev–Trinajstić information content (AvgIpc) is 3.51. The van der Waals surface area contributed by atoms with E-state index < -0.39 is 17.5 Å². The molecule has 0 spiro atoms. The van der Waals surface area contributed by atoms with Crippen LogP contribution in [0.4, 0.5) is 13.2 Å². The highest BCUT2D eigenvalue weighted by atomic mass is 19.2. The third-order valence-corrected chi connectivity index (χ3v) is 8.13. The zero-order valence-corrected chi connectivity index (χ0v) is 23.2. The van der Waals surface area contributed by atoms with E-state index in [9.17, 15) is 13.2 Å². The van der Waals surface area contributed by atoms with Crippen LogP contribution in [0.5, 0.6) is 0 Å². The van der Waals surface area contributed by atoms with Crippen molar-refractivity contribution in [3.8, 4) is 44.8 Å². The van der Waals surface area contributed by atoms with Gasteiger partial charge in [-0.2, -0.15) is 0 Å². The molecule has 1 aromatic heterocycles. The molecule has 0 aliphatic heterocycles. The maximum atomic E-state index is 14.1. The van der Waals surface area contributed by atoms with Crippen molar-refractivity contribution >= 4 is 32.6 Å². The van der Waals surface area contributed by atoms with Crippen LogP contribution in [0.3, 0.4) is 0 Å². The lowest BCUT2D eigenvalue weighted by atomic mass is 9.91. The standard InChI is InChI=1S/C39H22F3NO/c40-34-21-29(22-35(41)38(34)42)31-18-17-30(32-5-1-2-6-33(31)32)28-16-15-26-19-25(13-14-27(26)20-28)23-9-11-24(12-10-23)39-43-36-7-3-4-8-37(36)44-39/h1-22H. The topological polar surface area (TPSA) is 26.0 Å². The smallest absolute Gasteiger partial charge is 0.227 e. The molecular weight excluding hydrogens is 555 g/mol. The quantitative estimate of drug-likeness (QED) is 0.195. The molecule has 210 valence electrons. The first kappa shape index (κ1) is 26.0. The predicted molar refractivity (Wildman–Crippen MR) is 171 cm³/mol. The van der Waals surface area contributed by atoms with Gasteiger partial charge in [-0.25, -0.2) is 18.2 Å². The first-order valence-corrected chi connectivity index (χ1v) is 14.2. The Morgan fingerprint density at radius 1 is 0.455 bits per heavy atom. The molecule has 1 heterocycles. The highest BCUT2D eigenvalue weighted by molar-refractivity contribution is 6.06. The van der Waals surface area contributed by atoms with E-state index in [0.29, 0.717) is 11.5 Å². The largest absolute Gasteiger partial charge is 0.436 e. The van der Waals surface area contributed by atoms with Gasteiger partial charge in [0.1, 0.15) is 5.52 Å². The van der Waals surface area contributed by atoms with Crippen molar-refractivity contribution in [3.63, 3.8) is 0 Å². The number of hydrogen-bond donors (Lipinski definition) is 0. The number of rotatable bonds is 4. The van der Waals surface area contributed by atoms with E-state index in [1.54, 1.807) is 0 Å². The Labute approximate surface area is 250 Å². The van der Waals surface area contributed by atoms with Crippen LogP contribution in [0, 0.1) is 17.5 Å². The Morgan fingerprint density at radius 2 is 1.00 bits per heavy atom. The summed E-state index contributed by atoms with van der Waals surface area (Å²) in [5.74, 6) is -3.28. The zero-order chi connectivity index (χ0) is 29.8.